The van der Waals surface area contributed by atoms with Crippen LogP contribution in [0.15, 0.2) is 0 Å². The topological polar surface area (TPSA) is 12.5 Å². The van der Waals surface area contributed by atoms with Crippen LogP contribution in [0.5, 0.6) is 0 Å². The Morgan fingerprint density at radius 3 is 3.00 bits per heavy atom. The van der Waals surface area contributed by atoms with Crippen LogP contribution in [0.25, 0.3) is 0 Å². The van der Waals surface area contributed by atoms with Crippen LogP contribution in [0.2, 0.25) is 0 Å². The Morgan fingerprint density at radius 2 is 2.31 bits per heavy atom. The zero-order chi connectivity index (χ0) is 9.52. The van der Waals surface area contributed by atoms with Gasteiger partial charge in [-0.15, -0.1) is 11.6 Å². The molecule has 13 heavy (non-hydrogen) atoms. The van der Waals surface area contributed by atoms with Crippen LogP contribution in [0, 0.1) is 0 Å². The second kappa shape index (κ2) is 6.63. The first-order valence-electron chi connectivity index (χ1n) is 5.17. The summed E-state index contributed by atoms with van der Waals surface area (Å²) in [5, 5.41) is 0. The summed E-state index contributed by atoms with van der Waals surface area (Å²) in [7, 11) is 1.76. The summed E-state index contributed by atoms with van der Waals surface area (Å²) in [6, 6.07) is 0.643. The number of ether oxygens (including phenoxy) is 1. The molecule has 1 saturated heterocycles. The third kappa shape index (κ3) is 3.84. The van der Waals surface area contributed by atoms with Crippen molar-refractivity contribution in [1.29, 1.82) is 0 Å². The number of rotatable bonds is 6. The molecule has 0 radical (unpaired) electrons. The predicted molar refractivity (Wildman–Crippen MR) is 56.4 cm³/mol. The molecule has 1 heterocycles. The van der Waals surface area contributed by atoms with Crippen LogP contribution < -0.4 is 0 Å². The second-order valence-electron chi connectivity index (χ2n) is 3.69. The lowest BCUT2D eigenvalue weighted by molar-refractivity contribution is 0.183. The third-order valence-electron chi connectivity index (χ3n) is 2.72. The van der Waals surface area contributed by atoms with Gasteiger partial charge in [-0.3, -0.25) is 4.90 Å². The summed E-state index contributed by atoms with van der Waals surface area (Å²) in [6.07, 6.45) is 5.01. The van der Waals surface area contributed by atoms with Crippen molar-refractivity contribution in [1.82, 2.24) is 4.90 Å². The van der Waals surface area contributed by atoms with Crippen molar-refractivity contribution in [2.45, 2.75) is 31.7 Å². The van der Waals surface area contributed by atoms with Crippen LogP contribution in [0.4, 0.5) is 0 Å². The number of methoxy groups -OCH3 is 1. The predicted octanol–water partition coefficient (Wildman–Crippen LogP) is 2.12. The zero-order valence-electron chi connectivity index (χ0n) is 8.47. The molecule has 0 bridgehead atoms. The Kier molecular flexibility index (Phi) is 5.76. The van der Waals surface area contributed by atoms with E-state index in [2.05, 4.69) is 4.90 Å². The largest absolute Gasteiger partial charge is 0.385 e. The van der Waals surface area contributed by atoms with Crippen molar-refractivity contribution in [2.24, 2.45) is 0 Å². The fraction of sp³-hybridized carbons (Fsp3) is 1.00. The van der Waals surface area contributed by atoms with E-state index in [1.54, 1.807) is 7.11 Å². The van der Waals surface area contributed by atoms with E-state index in [9.17, 15) is 0 Å². The van der Waals surface area contributed by atoms with Crippen molar-refractivity contribution in [3.8, 4) is 0 Å². The molecule has 0 N–H and O–H groups in total. The molecule has 78 valence electrons. The SMILES string of the molecule is COCCCCN1CCCC1CCl. The number of hydrogen-bond acceptors (Lipinski definition) is 2. The molecule has 0 saturated carbocycles. The third-order valence-corrected chi connectivity index (χ3v) is 3.08. The molecule has 0 aromatic heterocycles. The summed E-state index contributed by atoms with van der Waals surface area (Å²) in [5.41, 5.74) is 0. The zero-order valence-corrected chi connectivity index (χ0v) is 9.22. The highest BCUT2D eigenvalue weighted by molar-refractivity contribution is 6.18. The van der Waals surface area contributed by atoms with Gasteiger partial charge in [0.2, 0.25) is 0 Å². The van der Waals surface area contributed by atoms with Crippen LogP contribution in [-0.4, -0.2) is 43.6 Å². The molecule has 0 spiro atoms. The van der Waals surface area contributed by atoms with Crippen LogP contribution in [0.1, 0.15) is 25.7 Å². The first-order chi connectivity index (χ1) is 6.38. The Bertz CT molecular complexity index is 132. The van der Waals surface area contributed by atoms with Gasteiger partial charge < -0.3 is 4.74 Å². The van der Waals surface area contributed by atoms with Gasteiger partial charge in [0, 0.05) is 25.6 Å². The van der Waals surface area contributed by atoms with Crippen LogP contribution in [0.3, 0.4) is 0 Å². The van der Waals surface area contributed by atoms with Gasteiger partial charge in [-0.05, 0) is 38.8 Å². The lowest BCUT2D eigenvalue weighted by atomic mass is 10.2. The molecule has 0 aromatic carbocycles. The minimum atomic E-state index is 0.643. The molecular formula is C10H20ClNO. The van der Waals surface area contributed by atoms with E-state index in [0.29, 0.717) is 6.04 Å². The fourth-order valence-electron chi connectivity index (χ4n) is 1.93. The lowest BCUT2D eigenvalue weighted by Crippen LogP contribution is -2.31. The highest BCUT2D eigenvalue weighted by Crippen LogP contribution is 2.18. The molecular weight excluding hydrogens is 186 g/mol. The van der Waals surface area contributed by atoms with Gasteiger partial charge in [-0.25, -0.2) is 0 Å². The van der Waals surface area contributed by atoms with Crippen molar-refractivity contribution in [2.75, 3.05) is 32.7 Å². The maximum atomic E-state index is 5.88. The molecule has 0 aromatic rings. The van der Waals surface area contributed by atoms with Crippen LogP contribution in [-0.2, 0) is 4.74 Å². The minimum Gasteiger partial charge on any atom is -0.385 e. The highest BCUT2D eigenvalue weighted by atomic mass is 35.5. The van der Waals surface area contributed by atoms with Gasteiger partial charge in [0.1, 0.15) is 0 Å². The number of likely N-dealkylation sites (tertiary alicyclic amines) is 1. The van der Waals surface area contributed by atoms with E-state index in [-0.39, 0.29) is 0 Å². The van der Waals surface area contributed by atoms with E-state index < -0.39 is 0 Å². The number of halogens is 1. The molecule has 1 rings (SSSR count). The number of alkyl halides is 1. The highest BCUT2D eigenvalue weighted by Gasteiger charge is 2.22. The Balaban J connectivity index is 2.06. The first kappa shape index (κ1) is 11.3. The number of nitrogens with zero attached hydrogens (tertiary/aromatic N) is 1. The van der Waals surface area contributed by atoms with E-state index in [1.165, 1.54) is 38.8 Å². The Morgan fingerprint density at radius 1 is 1.46 bits per heavy atom. The van der Waals surface area contributed by atoms with Gasteiger partial charge in [0.15, 0.2) is 0 Å². The monoisotopic (exact) mass is 205 g/mol. The number of hydrogen-bond donors (Lipinski definition) is 0. The first-order valence-corrected chi connectivity index (χ1v) is 5.71. The van der Waals surface area contributed by atoms with E-state index in [0.717, 1.165) is 12.5 Å². The van der Waals surface area contributed by atoms with E-state index >= 15 is 0 Å². The molecule has 0 amide bonds. The van der Waals surface area contributed by atoms with Crippen LogP contribution >= 0.6 is 11.6 Å². The minimum absolute atomic E-state index is 0.643. The van der Waals surface area contributed by atoms with Crippen molar-refractivity contribution >= 4 is 11.6 Å². The average molecular weight is 206 g/mol. The summed E-state index contributed by atoms with van der Waals surface area (Å²) in [5.74, 6) is 0.796. The quantitative estimate of drug-likeness (QED) is 0.487. The molecule has 1 atom stereocenters. The summed E-state index contributed by atoms with van der Waals surface area (Å²) in [4.78, 5) is 2.52. The Hall–Kier alpha value is 0.210. The molecule has 1 aliphatic heterocycles. The number of unbranched alkanes of at least 4 members (excludes halogenated alkanes) is 1. The standard InChI is InChI=1S/C10H20ClNO/c1-13-8-3-2-6-12-7-4-5-10(12)9-11/h10H,2-9H2,1H3. The molecule has 1 fully saturated rings. The summed E-state index contributed by atoms with van der Waals surface area (Å²) < 4.78 is 5.02. The smallest absolute Gasteiger partial charge is 0.0462 e. The van der Waals surface area contributed by atoms with Gasteiger partial charge in [0.25, 0.3) is 0 Å². The van der Waals surface area contributed by atoms with E-state index in [4.69, 9.17) is 16.3 Å². The second-order valence-corrected chi connectivity index (χ2v) is 3.99. The van der Waals surface area contributed by atoms with Crippen molar-refractivity contribution in [3.63, 3.8) is 0 Å². The maximum absolute atomic E-state index is 5.88. The van der Waals surface area contributed by atoms with Crippen molar-refractivity contribution < 1.29 is 4.74 Å². The van der Waals surface area contributed by atoms with Gasteiger partial charge in [-0.1, -0.05) is 0 Å². The summed E-state index contributed by atoms with van der Waals surface area (Å²) >= 11 is 5.88. The lowest BCUT2D eigenvalue weighted by Gasteiger charge is -2.22. The van der Waals surface area contributed by atoms with Gasteiger partial charge in [0.05, 0.1) is 0 Å². The molecule has 3 heteroatoms. The average Bonchev–Trinajstić information content (AvgIpc) is 2.60. The Labute approximate surface area is 86.2 Å². The van der Waals surface area contributed by atoms with E-state index in [1.807, 2.05) is 0 Å². The molecule has 1 aliphatic rings. The van der Waals surface area contributed by atoms with Gasteiger partial charge in [-0.2, -0.15) is 0 Å². The maximum Gasteiger partial charge on any atom is 0.0462 e. The molecule has 0 aliphatic carbocycles. The normalized spacial score (nSPS) is 24.0. The molecule has 2 nitrogen and oxygen atoms in total. The van der Waals surface area contributed by atoms with Gasteiger partial charge >= 0.3 is 0 Å². The fourth-order valence-corrected chi connectivity index (χ4v) is 2.28. The molecule has 1 unspecified atom stereocenters. The summed E-state index contributed by atoms with van der Waals surface area (Å²) in [6.45, 7) is 3.32. The van der Waals surface area contributed by atoms with Crippen molar-refractivity contribution in [3.05, 3.63) is 0 Å².